The van der Waals surface area contributed by atoms with Gasteiger partial charge in [-0.2, -0.15) is 4.98 Å². The van der Waals surface area contributed by atoms with Crippen LogP contribution in [0, 0.1) is 20.8 Å². The van der Waals surface area contributed by atoms with Crippen molar-refractivity contribution in [2.45, 2.75) is 20.8 Å². The van der Waals surface area contributed by atoms with E-state index in [9.17, 15) is 0 Å². The van der Waals surface area contributed by atoms with Gasteiger partial charge in [-0.3, -0.25) is 0 Å². The van der Waals surface area contributed by atoms with E-state index in [0.717, 1.165) is 16.8 Å². The van der Waals surface area contributed by atoms with E-state index in [4.69, 9.17) is 16.1 Å². The van der Waals surface area contributed by atoms with Crippen molar-refractivity contribution in [3.05, 3.63) is 52.3 Å². The maximum atomic E-state index is 5.96. The Hall–Kier alpha value is -2.20. The first-order valence-corrected chi connectivity index (χ1v) is 6.96. The van der Waals surface area contributed by atoms with Crippen LogP contribution in [0.25, 0.3) is 22.8 Å². The predicted molar refractivity (Wildman–Crippen MR) is 82.2 cm³/mol. The Balaban J connectivity index is 2.03. The van der Waals surface area contributed by atoms with Gasteiger partial charge >= 0.3 is 0 Å². The van der Waals surface area contributed by atoms with Crippen molar-refractivity contribution in [2.75, 3.05) is 0 Å². The largest absolute Gasteiger partial charge is 0.334 e. The second-order valence-corrected chi connectivity index (χ2v) is 5.51. The summed E-state index contributed by atoms with van der Waals surface area (Å²) in [5.74, 6) is 1.01. The molecule has 1 aromatic carbocycles. The van der Waals surface area contributed by atoms with Crippen LogP contribution in [0.1, 0.15) is 16.8 Å². The molecule has 2 aromatic heterocycles. The van der Waals surface area contributed by atoms with Gasteiger partial charge < -0.3 is 4.52 Å². The van der Waals surface area contributed by atoms with E-state index in [1.807, 2.05) is 39.0 Å². The Morgan fingerprint density at radius 2 is 1.57 bits per heavy atom. The summed E-state index contributed by atoms with van der Waals surface area (Å²) in [4.78, 5) is 8.57. The minimum atomic E-state index is 0.413. The van der Waals surface area contributed by atoms with Crippen LogP contribution in [0.3, 0.4) is 0 Å². The Kier molecular flexibility index (Phi) is 3.47. The van der Waals surface area contributed by atoms with Gasteiger partial charge in [0.15, 0.2) is 0 Å². The molecule has 0 spiro atoms. The number of hydrogen-bond acceptors (Lipinski definition) is 4. The van der Waals surface area contributed by atoms with Gasteiger partial charge in [0.25, 0.3) is 5.89 Å². The van der Waals surface area contributed by atoms with E-state index < -0.39 is 0 Å². The molecule has 4 nitrogen and oxygen atoms in total. The Morgan fingerprint density at radius 1 is 0.857 bits per heavy atom. The third kappa shape index (κ3) is 2.95. The zero-order valence-electron chi connectivity index (χ0n) is 12.0. The van der Waals surface area contributed by atoms with Crippen LogP contribution < -0.4 is 0 Å². The maximum absolute atomic E-state index is 5.96. The van der Waals surface area contributed by atoms with Gasteiger partial charge in [0.1, 0.15) is 5.15 Å². The second kappa shape index (κ2) is 5.30. The lowest BCUT2D eigenvalue weighted by Crippen LogP contribution is -1.87. The quantitative estimate of drug-likeness (QED) is 0.659. The molecule has 0 bridgehead atoms. The van der Waals surface area contributed by atoms with Crippen molar-refractivity contribution >= 4 is 11.6 Å². The van der Waals surface area contributed by atoms with Crippen LogP contribution in [-0.4, -0.2) is 15.1 Å². The van der Waals surface area contributed by atoms with Crippen molar-refractivity contribution in [3.8, 4) is 22.8 Å². The van der Waals surface area contributed by atoms with Gasteiger partial charge in [-0.05, 0) is 45.0 Å². The van der Waals surface area contributed by atoms with Crippen LogP contribution in [0.2, 0.25) is 5.15 Å². The normalized spacial score (nSPS) is 10.9. The first-order valence-electron chi connectivity index (χ1n) is 6.58. The van der Waals surface area contributed by atoms with E-state index in [2.05, 4.69) is 21.2 Å². The van der Waals surface area contributed by atoms with E-state index >= 15 is 0 Å². The lowest BCUT2D eigenvalue weighted by molar-refractivity contribution is 0.432. The highest BCUT2D eigenvalue weighted by Crippen LogP contribution is 2.25. The SMILES string of the molecule is Cc1cc(C)cc(-c2noc(-c3cc(C)nc(Cl)c3)n2)c1. The molecule has 0 fully saturated rings. The van der Waals surface area contributed by atoms with Crippen molar-refractivity contribution in [1.29, 1.82) is 0 Å². The molecule has 0 amide bonds. The van der Waals surface area contributed by atoms with Crippen LogP contribution in [0.15, 0.2) is 34.9 Å². The molecule has 3 rings (SSSR count). The molecule has 0 saturated carbocycles. The number of aromatic nitrogens is 3. The number of benzene rings is 1. The summed E-state index contributed by atoms with van der Waals surface area (Å²) in [6, 6.07) is 9.76. The first-order chi connectivity index (χ1) is 10.0. The van der Waals surface area contributed by atoms with Crippen LogP contribution in [-0.2, 0) is 0 Å². The smallest absolute Gasteiger partial charge is 0.258 e. The fourth-order valence-corrected chi connectivity index (χ4v) is 2.56. The Morgan fingerprint density at radius 3 is 2.24 bits per heavy atom. The van der Waals surface area contributed by atoms with Crippen LogP contribution in [0.4, 0.5) is 0 Å². The average Bonchev–Trinajstić information content (AvgIpc) is 2.85. The molecule has 0 aliphatic heterocycles. The average molecular weight is 300 g/mol. The number of nitrogens with zero attached hydrogens (tertiary/aromatic N) is 3. The molecule has 0 aliphatic rings. The van der Waals surface area contributed by atoms with E-state index in [0.29, 0.717) is 16.9 Å². The summed E-state index contributed by atoms with van der Waals surface area (Å²) in [6.45, 7) is 5.96. The van der Waals surface area contributed by atoms with Gasteiger partial charge in [-0.15, -0.1) is 0 Å². The second-order valence-electron chi connectivity index (χ2n) is 5.12. The summed E-state index contributed by atoms with van der Waals surface area (Å²) >= 11 is 5.96. The molecule has 0 atom stereocenters. The third-order valence-corrected chi connectivity index (χ3v) is 3.27. The molecule has 0 unspecified atom stereocenters. The van der Waals surface area contributed by atoms with Crippen molar-refractivity contribution in [2.24, 2.45) is 0 Å². The molecule has 5 heteroatoms. The molecular formula is C16H14ClN3O. The molecule has 3 aromatic rings. The highest BCUT2D eigenvalue weighted by atomic mass is 35.5. The Bertz CT molecular complexity index is 705. The zero-order valence-corrected chi connectivity index (χ0v) is 12.8. The number of hydrogen-bond donors (Lipinski definition) is 0. The zero-order chi connectivity index (χ0) is 15.0. The van der Waals surface area contributed by atoms with Gasteiger partial charge in [0, 0.05) is 16.8 Å². The molecular weight excluding hydrogens is 286 g/mol. The fourth-order valence-electron chi connectivity index (χ4n) is 2.31. The van der Waals surface area contributed by atoms with Crippen LogP contribution >= 0.6 is 11.6 Å². The lowest BCUT2D eigenvalue weighted by atomic mass is 10.1. The molecule has 0 radical (unpaired) electrons. The molecule has 0 N–H and O–H groups in total. The molecule has 0 aliphatic carbocycles. The van der Waals surface area contributed by atoms with Gasteiger partial charge in [-0.25, -0.2) is 4.98 Å². The number of aryl methyl sites for hydroxylation is 3. The highest BCUT2D eigenvalue weighted by molar-refractivity contribution is 6.29. The van der Waals surface area contributed by atoms with E-state index in [-0.39, 0.29) is 0 Å². The standard InChI is InChI=1S/C16H14ClN3O/c1-9-4-10(2)6-12(5-9)15-19-16(21-20-15)13-7-11(3)18-14(17)8-13/h4-8H,1-3H3. The summed E-state index contributed by atoms with van der Waals surface area (Å²) in [5, 5.41) is 4.47. The number of halogens is 1. The van der Waals surface area contributed by atoms with E-state index in [1.165, 1.54) is 11.1 Å². The summed E-state index contributed by atoms with van der Waals surface area (Å²) in [7, 11) is 0. The summed E-state index contributed by atoms with van der Waals surface area (Å²) < 4.78 is 5.35. The van der Waals surface area contributed by atoms with Crippen molar-refractivity contribution in [1.82, 2.24) is 15.1 Å². The third-order valence-electron chi connectivity index (χ3n) is 3.08. The molecule has 21 heavy (non-hydrogen) atoms. The highest BCUT2D eigenvalue weighted by Gasteiger charge is 2.12. The van der Waals surface area contributed by atoms with Gasteiger partial charge in [-0.1, -0.05) is 34.0 Å². The monoisotopic (exact) mass is 299 g/mol. The van der Waals surface area contributed by atoms with Gasteiger partial charge in [0.2, 0.25) is 5.82 Å². The van der Waals surface area contributed by atoms with E-state index in [1.54, 1.807) is 6.07 Å². The predicted octanol–water partition coefficient (Wildman–Crippen LogP) is 4.38. The minimum Gasteiger partial charge on any atom is -0.334 e. The summed E-state index contributed by atoms with van der Waals surface area (Å²) in [5.41, 5.74) is 4.86. The number of rotatable bonds is 2. The van der Waals surface area contributed by atoms with Gasteiger partial charge in [0.05, 0.1) is 0 Å². The molecule has 0 saturated heterocycles. The topological polar surface area (TPSA) is 51.8 Å². The maximum Gasteiger partial charge on any atom is 0.258 e. The molecule has 106 valence electrons. The Labute approximate surface area is 127 Å². The first kappa shape index (κ1) is 13.8. The molecule has 2 heterocycles. The minimum absolute atomic E-state index is 0.413. The van der Waals surface area contributed by atoms with Crippen molar-refractivity contribution < 1.29 is 4.52 Å². The number of pyridine rings is 1. The fraction of sp³-hybridized carbons (Fsp3) is 0.188. The van der Waals surface area contributed by atoms with Crippen LogP contribution in [0.5, 0.6) is 0 Å². The lowest BCUT2D eigenvalue weighted by Gasteiger charge is -2.00. The van der Waals surface area contributed by atoms with Crippen molar-refractivity contribution in [3.63, 3.8) is 0 Å². The summed E-state index contributed by atoms with van der Waals surface area (Å²) in [6.07, 6.45) is 0.